The Hall–Kier alpha value is -2.97. The van der Waals surface area contributed by atoms with Gasteiger partial charge in [-0.15, -0.1) is 0 Å². The molecule has 0 saturated heterocycles. The summed E-state index contributed by atoms with van der Waals surface area (Å²) in [7, 11) is 0. The number of nitrogens with one attached hydrogen (secondary N) is 2. The molecule has 0 aliphatic heterocycles. The monoisotopic (exact) mass is 483 g/mol. The van der Waals surface area contributed by atoms with Gasteiger partial charge in [-0.05, 0) is 62.6 Å². The fourth-order valence-corrected chi connectivity index (χ4v) is 4.08. The van der Waals surface area contributed by atoms with E-state index in [4.69, 9.17) is 4.74 Å². The van der Waals surface area contributed by atoms with Gasteiger partial charge in [-0.2, -0.15) is 0 Å². The molecule has 2 aromatic rings. The van der Waals surface area contributed by atoms with Crippen LogP contribution in [0.4, 0.5) is 10.5 Å². The van der Waals surface area contributed by atoms with E-state index < -0.39 is 28.8 Å². The van der Waals surface area contributed by atoms with E-state index in [2.05, 4.69) is 48.7 Å². The SMILES string of the molecule is CC(C)c1cccc(C2(NC[C@@H](O)[C@H](Cc3ccc([N+](=O)[O-])cc3)NC(=O)OC(C)(C)C)CC2)c1. The van der Waals surface area contributed by atoms with E-state index in [1.165, 1.54) is 23.3 Å². The van der Waals surface area contributed by atoms with E-state index >= 15 is 0 Å². The van der Waals surface area contributed by atoms with E-state index in [0.717, 1.165) is 18.4 Å². The Bertz CT molecular complexity index is 1030. The lowest BCUT2D eigenvalue weighted by atomic mass is 9.96. The third kappa shape index (κ3) is 7.50. The maximum atomic E-state index is 12.5. The molecule has 0 radical (unpaired) electrons. The molecule has 0 heterocycles. The maximum Gasteiger partial charge on any atom is 0.407 e. The second-order valence-corrected chi connectivity index (χ2v) is 10.7. The minimum absolute atomic E-state index is 0.00748. The number of nitro benzene ring substituents is 1. The molecule has 1 fully saturated rings. The van der Waals surface area contributed by atoms with Crippen LogP contribution in [0, 0.1) is 10.1 Å². The molecule has 1 aliphatic carbocycles. The summed E-state index contributed by atoms with van der Waals surface area (Å²) < 4.78 is 5.40. The van der Waals surface area contributed by atoms with Gasteiger partial charge in [0.25, 0.3) is 5.69 Å². The zero-order valence-corrected chi connectivity index (χ0v) is 21.2. The van der Waals surface area contributed by atoms with Crippen molar-refractivity contribution < 1.29 is 19.6 Å². The summed E-state index contributed by atoms with van der Waals surface area (Å²) in [5.74, 6) is 0.431. The molecule has 1 saturated carbocycles. The Morgan fingerprint density at radius 1 is 1.17 bits per heavy atom. The fraction of sp³-hybridized carbons (Fsp3) is 0.519. The Kier molecular flexibility index (Phi) is 8.18. The molecule has 0 unspecified atom stereocenters. The van der Waals surface area contributed by atoms with Gasteiger partial charge in [-0.3, -0.25) is 10.1 Å². The van der Waals surface area contributed by atoms with Crippen LogP contribution in [-0.2, 0) is 16.7 Å². The van der Waals surface area contributed by atoms with Crippen LogP contribution in [-0.4, -0.2) is 40.4 Å². The summed E-state index contributed by atoms with van der Waals surface area (Å²) in [6.45, 7) is 9.94. The van der Waals surface area contributed by atoms with Crippen molar-refractivity contribution in [3.63, 3.8) is 0 Å². The number of nitrogens with zero attached hydrogens (tertiary/aromatic N) is 1. The van der Waals surface area contributed by atoms with E-state index in [-0.39, 0.29) is 17.8 Å². The minimum Gasteiger partial charge on any atom is -0.444 e. The lowest BCUT2D eigenvalue weighted by Crippen LogP contribution is -2.51. The number of carbonyl (C=O) groups excluding carboxylic acids is 1. The highest BCUT2D eigenvalue weighted by molar-refractivity contribution is 5.68. The van der Waals surface area contributed by atoms with Gasteiger partial charge in [0.15, 0.2) is 0 Å². The second kappa shape index (κ2) is 10.7. The summed E-state index contributed by atoms with van der Waals surface area (Å²) >= 11 is 0. The molecule has 8 heteroatoms. The first kappa shape index (κ1) is 26.6. The number of benzene rings is 2. The highest BCUT2D eigenvalue weighted by Gasteiger charge is 2.44. The number of aliphatic hydroxyl groups is 1. The first-order valence-electron chi connectivity index (χ1n) is 12.1. The molecule has 0 aromatic heterocycles. The first-order valence-corrected chi connectivity index (χ1v) is 12.1. The number of amides is 1. The van der Waals surface area contributed by atoms with Gasteiger partial charge in [0.1, 0.15) is 5.60 Å². The van der Waals surface area contributed by atoms with E-state index in [1.54, 1.807) is 32.9 Å². The molecule has 3 rings (SSSR count). The highest BCUT2D eigenvalue weighted by Crippen LogP contribution is 2.46. The van der Waals surface area contributed by atoms with Crippen molar-refractivity contribution in [1.82, 2.24) is 10.6 Å². The normalized spacial score (nSPS) is 16.4. The van der Waals surface area contributed by atoms with Crippen LogP contribution in [0.15, 0.2) is 48.5 Å². The Morgan fingerprint density at radius 2 is 1.83 bits per heavy atom. The zero-order chi connectivity index (χ0) is 25.8. The largest absolute Gasteiger partial charge is 0.444 e. The molecule has 190 valence electrons. The molecule has 3 N–H and O–H groups in total. The summed E-state index contributed by atoms with van der Waals surface area (Å²) in [5.41, 5.74) is 2.40. The lowest BCUT2D eigenvalue weighted by molar-refractivity contribution is -0.384. The van der Waals surface area contributed by atoms with Gasteiger partial charge < -0.3 is 20.5 Å². The number of aliphatic hydroxyl groups excluding tert-OH is 1. The van der Waals surface area contributed by atoms with E-state index in [9.17, 15) is 20.0 Å². The van der Waals surface area contributed by atoms with Crippen molar-refractivity contribution in [2.24, 2.45) is 0 Å². The number of ether oxygens (including phenoxy) is 1. The number of hydrogen-bond acceptors (Lipinski definition) is 6. The van der Waals surface area contributed by atoms with Crippen LogP contribution in [0.1, 0.15) is 70.1 Å². The molecule has 35 heavy (non-hydrogen) atoms. The summed E-state index contributed by atoms with van der Waals surface area (Å²) in [6.07, 6.45) is 0.745. The third-order valence-corrected chi connectivity index (χ3v) is 6.27. The summed E-state index contributed by atoms with van der Waals surface area (Å²) in [5, 5.41) is 28.4. The lowest BCUT2D eigenvalue weighted by Gasteiger charge is -2.28. The van der Waals surface area contributed by atoms with Crippen LogP contribution in [0.5, 0.6) is 0 Å². The summed E-state index contributed by atoms with van der Waals surface area (Å²) in [4.78, 5) is 23.0. The standard InChI is InChI=1S/C27H37N3O5/c1-18(2)20-7-6-8-21(16-20)27(13-14-27)28-17-24(31)23(29-25(32)35-26(3,4)5)15-19-9-11-22(12-10-19)30(33)34/h6-12,16,18,23-24,28,31H,13-15,17H2,1-5H3,(H,29,32)/t23-,24+/m0/s1. The molecular formula is C27H37N3O5. The fourth-order valence-electron chi connectivity index (χ4n) is 4.08. The molecule has 8 nitrogen and oxygen atoms in total. The van der Waals surface area contributed by atoms with Gasteiger partial charge in [0.2, 0.25) is 0 Å². The topological polar surface area (TPSA) is 114 Å². The molecule has 1 aliphatic rings. The quantitative estimate of drug-likeness (QED) is 0.331. The number of carbonyl (C=O) groups is 1. The number of rotatable bonds is 10. The Labute approximate surface area is 207 Å². The number of hydrogen-bond donors (Lipinski definition) is 3. The van der Waals surface area contributed by atoms with Gasteiger partial charge in [-0.1, -0.05) is 50.2 Å². The average Bonchev–Trinajstić information content (AvgIpc) is 3.57. The van der Waals surface area contributed by atoms with Gasteiger partial charge >= 0.3 is 6.09 Å². The highest BCUT2D eigenvalue weighted by atomic mass is 16.6. The zero-order valence-electron chi connectivity index (χ0n) is 21.2. The van der Waals surface area contributed by atoms with Gasteiger partial charge in [0, 0.05) is 24.2 Å². The minimum atomic E-state index is -0.900. The number of alkyl carbamates (subject to hydrolysis) is 1. The predicted molar refractivity (Wildman–Crippen MR) is 135 cm³/mol. The van der Waals surface area contributed by atoms with Crippen molar-refractivity contribution in [3.05, 3.63) is 75.3 Å². The van der Waals surface area contributed by atoms with Crippen molar-refractivity contribution >= 4 is 11.8 Å². The number of non-ortho nitro benzene ring substituents is 1. The van der Waals surface area contributed by atoms with Crippen LogP contribution in [0.25, 0.3) is 0 Å². The molecule has 2 aromatic carbocycles. The number of nitro groups is 1. The van der Waals surface area contributed by atoms with E-state index in [1.807, 2.05) is 0 Å². The molecule has 0 spiro atoms. The predicted octanol–water partition coefficient (Wildman–Crippen LogP) is 4.79. The average molecular weight is 484 g/mol. The Balaban J connectivity index is 1.71. The summed E-state index contributed by atoms with van der Waals surface area (Å²) in [6, 6.07) is 14.0. The van der Waals surface area contributed by atoms with Crippen LogP contribution >= 0.6 is 0 Å². The second-order valence-electron chi connectivity index (χ2n) is 10.7. The van der Waals surface area contributed by atoms with Gasteiger partial charge in [0.05, 0.1) is 17.1 Å². The van der Waals surface area contributed by atoms with Crippen LogP contribution < -0.4 is 10.6 Å². The molecule has 0 bridgehead atoms. The van der Waals surface area contributed by atoms with Crippen LogP contribution in [0.2, 0.25) is 0 Å². The first-order chi connectivity index (χ1) is 16.4. The van der Waals surface area contributed by atoms with Crippen molar-refractivity contribution in [3.8, 4) is 0 Å². The maximum absolute atomic E-state index is 12.5. The van der Waals surface area contributed by atoms with Crippen molar-refractivity contribution in [1.29, 1.82) is 0 Å². The smallest absolute Gasteiger partial charge is 0.407 e. The molecule has 1 amide bonds. The van der Waals surface area contributed by atoms with E-state index in [0.29, 0.717) is 12.3 Å². The Morgan fingerprint density at radius 3 is 2.37 bits per heavy atom. The van der Waals surface area contributed by atoms with Crippen LogP contribution in [0.3, 0.4) is 0 Å². The van der Waals surface area contributed by atoms with Crippen molar-refractivity contribution in [2.75, 3.05) is 6.54 Å². The third-order valence-electron chi connectivity index (χ3n) is 6.27. The molecule has 2 atom stereocenters. The molecular weight excluding hydrogens is 446 g/mol. The van der Waals surface area contributed by atoms with Gasteiger partial charge in [-0.25, -0.2) is 4.79 Å². The van der Waals surface area contributed by atoms with Crippen molar-refractivity contribution in [2.45, 2.75) is 83.1 Å².